The van der Waals surface area contributed by atoms with Crippen LogP contribution in [0, 0.1) is 0 Å². The van der Waals surface area contributed by atoms with Crippen molar-refractivity contribution in [1.82, 2.24) is 0 Å². The predicted octanol–water partition coefficient (Wildman–Crippen LogP) is 7.46. The maximum Gasteiger partial charge on any atom is 0.0724 e. The van der Waals surface area contributed by atoms with Crippen LogP contribution in [-0.2, 0) is 41.6 Å². The van der Waals surface area contributed by atoms with E-state index in [9.17, 15) is 0 Å². The Labute approximate surface area is 178 Å². The topological polar surface area (TPSA) is 9.23 Å². The van der Waals surface area contributed by atoms with Crippen LogP contribution in [-0.4, -0.2) is 0 Å². The Morgan fingerprint density at radius 3 is 1.34 bits per heavy atom. The Bertz CT molecular complexity index is 772. The van der Waals surface area contributed by atoms with E-state index in [2.05, 4.69) is 91.1 Å². The summed E-state index contributed by atoms with van der Waals surface area (Å²) in [6.45, 7) is 22.6. The molecule has 0 saturated carbocycles. The number of rotatable bonds is 8. The van der Waals surface area contributed by atoms with Crippen LogP contribution in [0.3, 0.4) is 0 Å². The SMILES string of the molecule is C=CCc1cc(C(C)(C)C)ccc1COCc1ccc(C(C)(C)C)cc1CC=C. The van der Waals surface area contributed by atoms with Crippen LogP contribution in [0.5, 0.6) is 0 Å². The Balaban J connectivity index is 2.17. The van der Waals surface area contributed by atoms with Crippen molar-refractivity contribution in [2.45, 2.75) is 78.4 Å². The third kappa shape index (κ3) is 6.44. The largest absolute Gasteiger partial charge is 0.372 e. The molecule has 0 heterocycles. The van der Waals surface area contributed by atoms with E-state index in [-0.39, 0.29) is 10.8 Å². The number of ether oxygens (including phenoxy) is 1. The summed E-state index contributed by atoms with van der Waals surface area (Å²) in [5, 5.41) is 0. The number of allylic oxidation sites excluding steroid dienone is 2. The van der Waals surface area contributed by atoms with Crippen LogP contribution < -0.4 is 0 Å². The van der Waals surface area contributed by atoms with Crippen LogP contribution in [0.1, 0.15) is 74.9 Å². The Morgan fingerprint density at radius 2 is 1.03 bits per heavy atom. The monoisotopic (exact) mass is 390 g/mol. The van der Waals surface area contributed by atoms with Gasteiger partial charge in [-0.1, -0.05) is 90.1 Å². The first-order valence-electron chi connectivity index (χ1n) is 10.6. The lowest BCUT2D eigenvalue weighted by molar-refractivity contribution is 0.106. The smallest absolute Gasteiger partial charge is 0.0724 e. The molecule has 1 nitrogen and oxygen atoms in total. The first-order valence-corrected chi connectivity index (χ1v) is 10.6. The lowest BCUT2D eigenvalue weighted by Gasteiger charge is -2.22. The molecule has 156 valence electrons. The molecule has 0 aromatic heterocycles. The highest BCUT2D eigenvalue weighted by Crippen LogP contribution is 2.27. The minimum Gasteiger partial charge on any atom is -0.372 e. The van der Waals surface area contributed by atoms with E-state index in [0.717, 1.165) is 12.8 Å². The molecular formula is C28H38O. The Kier molecular flexibility index (Phi) is 7.66. The predicted molar refractivity (Wildman–Crippen MR) is 127 cm³/mol. The maximum atomic E-state index is 6.16. The van der Waals surface area contributed by atoms with Crippen LogP contribution >= 0.6 is 0 Å². The van der Waals surface area contributed by atoms with Gasteiger partial charge in [-0.25, -0.2) is 0 Å². The quantitative estimate of drug-likeness (QED) is 0.425. The summed E-state index contributed by atoms with van der Waals surface area (Å²) in [6, 6.07) is 13.5. The number of hydrogen-bond donors (Lipinski definition) is 0. The lowest BCUT2D eigenvalue weighted by Crippen LogP contribution is -2.13. The van der Waals surface area contributed by atoms with E-state index in [4.69, 9.17) is 4.74 Å². The Hall–Kier alpha value is -2.12. The Morgan fingerprint density at radius 1 is 0.655 bits per heavy atom. The van der Waals surface area contributed by atoms with Gasteiger partial charge in [0, 0.05) is 0 Å². The summed E-state index contributed by atoms with van der Waals surface area (Å²) >= 11 is 0. The van der Waals surface area contributed by atoms with Gasteiger partial charge in [0.1, 0.15) is 0 Å². The summed E-state index contributed by atoms with van der Waals surface area (Å²) in [5.74, 6) is 0. The van der Waals surface area contributed by atoms with Gasteiger partial charge in [0.2, 0.25) is 0 Å². The summed E-state index contributed by atoms with van der Waals surface area (Å²) < 4.78 is 6.16. The molecule has 0 bridgehead atoms. The molecule has 0 spiro atoms. The van der Waals surface area contributed by atoms with Gasteiger partial charge in [-0.05, 0) is 57.1 Å². The lowest BCUT2D eigenvalue weighted by atomic mass is 9.84. The standard InChI is InChI=1S/C28H38O/c1-9-11-21-17-25(27(3,4)5)15-13-23(21)19-29-20-24-14-16-26(28(6,7)8)18-22(24)12-10-2/h9-10,13-18H,1-2,11-12,19-20H2,3-8H3. The van der Waals surface area contributed by atoms with Crippen LogP contribution in [0.15, 0.2) is 61.7 Å². The molecule has 2 aromatic carbocycles. The second-order valence-corrected chi connectivity index (χ2v) is 9.95. The third-order valence-electron chi connectivity index (χ3n) is 5.39. The van der Waals surface area contributed by atoms with Crippen molar-refractivity contribution in [2.75, 3.05) is 0 Å². The summed E-state index contributed by atoms with van der Waals surface area (Å²) in [4.78, 5) is 0. The van der Waals surface area contributed by atoms with Gasteiger partial charge < -0.3 is 4.74 Å². The van der Waals surface area contributed by atoms with Crippen molar-refractivity contribution in [3.05, 3.63) is 95.1 Å². The summed E-state index contributed by atoms with van der Waals surface area (Å²) in [5.41, 5.74) is 8.09. The molecule has 29 heavy (non-hydrogen) atoms. The average molecular weight is 391 g/mol. The second kappa shape index (κ2) is 9.59. The maximum absolute atomic E-state index is 6.16. The van der Waals surface area contributed by atoms with Crippen molar-refractivity contribution in [3.63, 3.8) is 0 Å². The first-order chi connectivity index (χ1) is 13.6. The van der Waals surface area contributed by atoms with Crippen molar-refractivity contribution < 1.29 is 4.74 Å². The minimum atomic E-state index is 0.143. The molecule has 2 aromatic rings. The van der Waals surface area contributed by atoms with Gasteiger partial charge in [-0.15, -0.1) is 13.2 Å². The summed E-state index contributed by atoms with van der Waals surface area (Å²) in [7, 11) is 0. The van der Waals surface area contributed by atoms with E-state index in [0.29, 0.717) is 13.2 Å². The van der Waals surface area contributed by atoms with Crippen molar-refractivity contribution in [3.8, 4) is 0 Å². The van der Waals surface area contributed by atoms with Gasteiger partial charge in [-0.2, -0.15) is 0 Å². The van der Waals surface area contributed by atoms with Gasteiger partial charge in [-0.3, -0.25) is 0 Å². The molecule has 0 aliphatic heterocycles. The molecule has 0 aliphatic rings. The van der Waals surface area contributed by atoms with E-state index >= 15 is 0 Å². The van der Waals surface area contributed by atoms with Crippen LogP contribution in [0.25, 0.3) is 0 Å². The molecular weight excluding hydrogens is 352 g/mol. The molecule has 0 radical (unpaired) electrons. The zero-order valence-electron chi connectivity index (χ0n) is 19.3. The molecule has 0 aliphatic carbocycles. The van der Waals surface area contributed by atoms with E-state index in [1.165, 1.54) is 33.4 Å². The van der Waals surface area contributed by atoms with Gasteiger partial charge in [0.05, 0.1) is 13.2 Å². The molecule has 0 unspecified atom stereocenters. The molecule has 0 saturated heterocycles. The van der Waals surface area contributed by atoms with Crippen LogP contribution in [0.2, 0.25) is 0 Å². The number of benzene rings is 2. The molecule has 0 fully saturated rings. The van der Waals surface area contributed by atoms with Gasteiger partial charge in [0.15, 0.2) is 0 Å². The average Bonchev–Trinajstić information content (AvgIpc) is 2.62. The highest BCUT2D eigenvalue weighted by Gasteiger charge is 2.17. The zero-order valence-corrected chi connectivity index (χ0v) is 19.3. The van der Waals surface area contributed by atoms with E-state index < -0.39 is 0 Å². The zero-order chi connectivity index (χ0) is 21.7. The van der Waals surface area contributed by atoms with Crippen molar-refractivity contribution in [2.24, 2.45) is 0 Å². The summed E-state index contributed by atoms with van der Waals surface area (Å²) in [6.07, 6.45) is 5.67. The molecule has 0 N–H and O–H groups in total. The second-order valence-electron chi connectivity index (χ2n) is 9.95. The third-order valence-corrected chi connectivity index (χ3v) is 5.39. The van der Waals surface area contributed by atoms with E-state index in [1.807, 2.05) is 12.2 Å². The van der Waals surface area contributed by atoms with E-state index in [1.54, 1.807) is 0 Å². The fourth-order valence-electron chi connectivity index (χ4n) is 3.43. The van der Waals surface area contributed by atoms with Crippen molar-refractivity contribution >= 4 is 0 Å². The van der Waals surface area contributed by atoms with Gasteiger partial charge in [0.25, 0.3) is 0 Å². The van der Waals surface area contributed by atoms with Crippen LogP contribution in [0.4, 0.5) is 0 Å². The molecule has 0 amide bonds. The number of hydrogen-bond acceptors (Lipinski definition) is 1. The molecule has 1 heteroatoms. The fourth-order valence-corrected chi connectivity index (χ4v) is 3.43. The fraction of sp³-hybridized carbons (Fsp3) is 0.429. The minimum absolute atomic E-state index is 0.143. The normalized spacial score (nSPS) is 12.1. The highest BCUT2D eigenvalue weighted by atomic mass is 16.5. The van der Waals surface area contributed by atoms with Crippen molar-refractivity contribution in [1.29, 1.82) is 0 Å². The molecule has 2 rings (SSSR count). The van der Waals surface area contributed by atoms with Gasteiger partial charge >= 0.3 is 0 Å². The highest BCUT2D eigenvalue weighted by molar-refractivity contribution is 5.37. The molecule has 0 atom stereocenters. The first kappa shape index (κ1) is 23.2.